The van der Waals surface area contributed by atoms with E-state index in [1.807, 2.05) is 0 Å². The second-order valence-corrected chi connectivity index (χ2v) is 6.80. The number of benzene rings is 1. The zero-order valence-corrected chi connectivity index (χ0v) is 16.9. The summed E-state index contributed by atoms with van der Waals surface area (Å²) in [6.45, 7) is 7.32. The molecule has 0 spiro atoms. The number of hydrogen-bond donors (Lipinski definition) is 1. The average Bonchev–Trinajstić information content (AvgIpc) is 3.17. The topological polar surface area (TPSA) is 62.5 Å². The Labute approximate surface area is 172 Å². The molecule has 3 aromatic rings. The third-order valence-electron chi connectivity index (χ3n) is 4.94. The maximum atomic E-state index is 13.6. The van der Waals surface area contributed by atoms with Crippen molar-refractivity contribution < 1.29 is 18.0 Å². The number of carbonyl (C=O) groups is 1. The van der Waals surface area contributed by atoms with Crippen LogP contribution in [0.4, 0.5) is 13.2 Å². The summed E-state index contributed by atoms with van der Waals surface area (Å²) in [6.07, 6.45) is -0.814. The highest BCUT2D eigenvalue weighted by molar-refractivity contribution is 5.99. The molecule has 0 saturated heterocycles. The largest absolute Gasteiger partial charge is 0.352 e. The Kier molecular flexibility index (Phi) is 7.04. The molecule has 30 heavy (non-hydrogen) atoms. The van der Waals surface area contributed by atoms with Gasteiger partial charge in [0, 0.05) is 12.1 Å². The van der Waals surface area contributed by atoms with Crippen molar-refractivity contribution in [2.75, 3.05) is 26.2 Å². The van der Waals surface area contributed by atoms with Crippen molar-refractivity contribution in [3.8, 4) is 11.3 Å². The molecule has 3 rings (SSSR count). The number of rotatable bonds is 9. The van der Waals surface area contributed by atoms with Crippen LogP contribution in [0.1, 0.15) is 42.7 Å². The van der Waals surface area contributed by atoms with Gasteiger partial charge in [0.05, 0.1) is 11.9 Å². The van der Waals surface area contributed by atoms with Gasteiger partial charge in [-0.1, -0.05) is 13.8 Å². The fraction of sp³-hybridized carbons (Fsp3) is 0.381. The van der Waals surface area contributed by atoms with E-state index in [0.29, 0.717) is 12.1 Å². The second kappa shape index (κ2) is 9.71. The van der Waals surface area contributed by atoms with Gasteiger partial charge in [0.1, 0.15) is 17.1 Å². The van der Waals surface area contributed by atoms with Crippen molar-refractivity contribution in [1.82, 2.24) is 24.8 Å². The van der Waals surface area contributed by atoms with Crippen LogP contribution in [0.2, 0.25) is 0 Å². The van der Waals surface area contributed by atoms with Gasteiger partial charge in [-0.05, 0) is 56.4 Å². The van der Waals surface area contributed by atoms with Crippen molar-refractivity contribution in [2.24, 2.45) is 0 Å². The molecule has 0 unspecified atom stereocenters. The normalized spacial score (nSPS) is 11.6. The fourth-order valence-corrected chi connectivity index (χ4v) is 3.21. The molecule has 0 atom stereocenters. The Bertz CT molecular complexity index is 1000. The summed E-state index contributed by atoms with van der Waals surface area (Å²) in [5.41, 5.74) is 0.443. The van der Waals surface area contributed by atoms with Crippen LogP contribution in [0.5, 0.6) is 0 Å². The van der Waals surface area contributed by atoms with E-state index in [0.717, 1.165) is 30.6 Å². The van der Waals surface area contributed by atoms with Gasteiger partial charge in [0.15, 0.2) is 5.65 Å². The summed E-state index contributed by atoms with van der Waals surface area (Å²) >= 11 is 0. The summed E-state index contributed by atoms with van der Waals surface area (Å²) in [7, 11) is 0. The van der Waals surface area contributed by atoms with E-state index in [-0.39, 0.29) is 22.6 Å². The number of nitrogens with one attached hydrogen (secondary N) is 1. The van der Waals surface area contributed by atoms with Crippen LogP contribution in [0, 0.1) is 5.82 Å². The lowest BCUT2D eigenvalue weighted by Crippen LogP contribution is -2.29. The smallest absolute Gasteiger partial charge is 0.280 e. The summed E-state index contributed by atoms with van der Waals surface area (Å²) in [5, 5.41) is 6.74. The zero-order valence-electron chi connectivity index (χ0n) is 16.9. The first-order valence-electron chi connectivity index (χ1n) is 9.87. The minimum Gasteiger partial charge on any atom is -0.352 e. The van der Waals surface area contributed by atoms with E-state index in [1.54, 1.807) is 0 Å². The molecule has 0 bridgehead atoms. The molecular formula is C21H24F3N5O. The Hall–Kier alpha value is -2.94. The average molecular weight is 419 g/mol. The Morgan fingerprint density at radius 3 is 2.53 bits per heavy atom. The third-order valence-corrected chi connectivity index (χ3v) is 4.94. The van der Waals surface area contributed by atoms with Crippen molar-refractivity contribution in [3.05, 3.63) is 53.6 Å². The molecule has 0 radical (unpaired) electrons. The molecule has 1 aromatic carbocycles. The lowest BCUT2D eigenvalue weighted by molar-refractivity contribution is 0.0953. The molecule has 2 heterocycles. The molecule has 0 aliphatic rings. The van der Waals surface area contributed by atoms with E-state index in [4.69, 9.17) is 0 Å². The number of amides is 1. The van der Waals surface area contributed by atoms with Gasteiger partial charge >= 0.3 is 0 Å². The number of hydrogen-bond acceptors (Lipinski definition) is 4. The highest BCUT2D eigenvalue weighted by Gasteiger charge is 2.21. The number of alkyl halides is 2. The van der Waals surface area contributed by atoms with Crippen LogP contribution in [0.3, 0.4) is 0 Å². The predicted octanol–water partition coefficient (Wildman–Crippen LogP) is 3.93. The van der Waals surface area contributed by atoms with Crippen molar-refractivity contribution in [1.29, 1.82) is 0 Å². The van der Waals surface area contributed by atoms with Crippen molar-refractivity contribution >= 4 is 11.6 Å². The fourth-order valence-electron chi connectivity index (χ4n) is 3.21. The molecule has 0 fully saturated rings. The number of carbonyl (C=O) groups excluding carboxylic acids is 1. The molecule has 1 N–H and O–H groups in total. The first-order chi connectivity index (χ1) is 14.4. The summed E-state index contributed by atoms with van der Waals surface area (Å²) in [5.74, 6) is -0.864. The molecule has 2 aromatic heterocycles. The minimum absolute atomic E-state index is 0.0355. The zero-order chi connectivity index (χ0) is 21.7. The molecular weight excluding hydrogens is 395 g/mol. The Morgan fingerprint density at radius 2 is 1.90 bits per heavy atom. The minimum atomic E-state index is -2.82. The number of aromatic nitrogens is 3. The van der Waals surface area contributed by atoms with Crippen LogP contribution >= 0.6 is 0 Å². The van der Waals surface area contributed by atoms with Gasteiger partial charge in [-0.25, -0.2) is 22.7 Å². The van der Waals surface area contributed by atoms with Crippen molar-refractivity contribution in [2.45, 2.75) is 26.7 Å². The third kappa shape index (κ3) is 4.79. The lowest BCUT2D eigenvalue weighted by atomic mass is 10.1. The maximum Gasteiger partial charge on any atom is 0.280 e. The van der Waals surface area contributed by atoms with E-state index >= 15 is 0 Å². The van der Waals surface area contributed by atoms with Crippen molar-refractivity contribution in [3.63, 3.8) is 0 Å². The Morgan fingerprint density at radius 1 is 1.20 bits per heavy atom. The van der Waals surface area contributed by atoms with E-state index in [2.05, 4.69) is 34.1 Å². The molecule has 0 aliphatic heterocycles. The number of fused-ring (bicyclic) bond motifs is 1. The van der Waals surface area contributed by atoms with Gasteiger partial charge in [0.25, 0.3) is 12.3 Å². The van der Waals surface area contributed by atoms with Crippen LogP contribution in [-0.4, -0.2) is 51.6 Å². The van der Waals surface area contributed by atoms with Crippen LogP contribution in [0.15, 0.2) is 36.5 Å². The van der Waals surface area contributed by atoms with Gasteiger partial charge in [-0.15, -0.1) is 0 Å². The molecule has 6 nitrogen and oxygen atoms in total. The van der Waals surface area contributed by atoms with Gasteiger partial charge in [0.2, 0.25) is 0 Å². The highest BCUT2D eigenvalue weighted by atomic mass is 19.3. The quantitative estimate of drug-likeness (QED) is 0.534. The summed E-state index contributed by atoms with van der Waals surface area (Å²) in [6, 6.07) is 6.55. The standard InChI is InChI=1S/C21H24F3N5O/c1-3-28(4-2)11-5-10-25-21(30)16-13-26-29-18(19(23)24)12-17(27-20(16)29)14-6-8-15(22)9-7-14/h6-9,12-13,19H,3-5,10-11H2,1-2H3,(H,25,30). The predicted molar refractivity (Wildman–Crippen MR) is 108 cm³/mol. The van der Waals surface area contributed by atoms with Crippen LogP contribution in [-0.2, 0) is 0 Å². The van der Waals surface area contributed by atoms with Crippen LogP contribution in [0.25, 0.3) is 16.9 Å². The summed E-state index contributed by atoms with van der Waals surface area (Å²) < 4.78 is 41.4. The monoisotopic (exact) mass is 419 g/mol. The summed E-state index contributed by atoms with van der Waals surface area (Å²) in [4.78, 5) is 19.2. The SMILES string of the molecule is CCN(CC)CCCNC(=O)c1cnn2c(C(F)F)cc(-c3ccc(F)cc3)nc12. The van der Waals surface area contributed by atoms with E-state index in [1.165, 1.54) is 36.5 Å². The number of nitrogens with zero attached hydrogens (tertiary/aromatic N) is 4. The first-order valence-corrected chi connectivity index (χ1v) is 9.87. The molecule has 9 heteroatoms. The number of halogens is 3. The second-order valence-electron chi connectivity index (χ2n) is 6.80. The van der Waals surface area contributed by atoms with Gasteiger partial charge in [-0.3, -0.25) is 4.79 Å². The first kappa shape index (κ1) is 21.8. The molecule has 0 aliphatic carbocycles. The van der Waals surface area contributed by atoms with E-state index in [9.17, 15) is 18.0 Å². The Balaban J connectivity index is 1.86. The van der Waals surface area contributed by atoms with Crippen LogP contribution < -0.4 is 5.32 Å². The highest BCUT2D eigenvalue weighted by Crippen LogP contribution is 2.26. The lowest BCUT2D eigenvalue weighted by Gasteiger charge is -2.17. The molecule has 0 saturated carbocycles. The molecule has 1 amide bonds. The maximum absolute atomic E-state index is 13.6. The van der Waals surface area contributed by atoms with Gasteiger partial charge in [-0.2, -0.15) is 5.10 Å². The van der Waals surface area contributed by atoms with E-state index < -0.39 is 18.1 Å². The van der Waals surface area contributed by atoms with Gasteiger partial charge < -0.3 is 10.2 Å². The molecule has 160 valence electrons.